The molecule has 0 radical (unpaired) electrons. The topological polar surface area (TPSA) is 91.7 Å². The fraction of sp³-hybridized carbons (Fsp3) is 0.267. The highest BCUT2D eigenvalue weighted by atomic mass is 32.2. The molecule has 0 fully saturated rings. The summed E-state index contributed by atoms with van der Waals surface area (Å²) in [4.78, 5) is 11.6. The van der Waals surface area contributed by atoms with Crippen LogP contribution in [0.1, 0.15) is 11.8 Å². The van der Waals surface area contributed by atoms with E-state index in [0.29, 0.717) is 12.4 Å². The zero-order valence-corrected chi connectivity index (χ0v) is 15.2. The lowest BCUT2D eigenvalue weighted by Gasteiger charge is -2.06. The minimum atomic E-state index is -0.464. The van der Waals surface area contributed by atoms with Gasteiger partial charge in [0.05, 0.1) is 10.8 Å². The highest BCUT2D eigenvalue weighted by Crippen LogP contribution is 2.28. The second-order valence-electron chi connectivity index (χ2n) is 5.13. The van der Waals surface area contributed by atoms with Crippen molar-refractivity contribution in [2.45, 2.75) is 30.9 Å². The number of nitrogens with zero attached hydrogens (tertiary/aromatic N) is 6. The molecule has 3 aromatic rings. The van der Waals surface area contributed by atoms with Crippen molar-refractivity contribution in [1.82, 2.24) is 24.5 Å². The summed E-state index contributed by atoms with van der Waals surface area (Å²) in [6, 6.07) is 2.12. The molecule has 0 aliphatic heterocycles. The maximum Gasteiger partial charge on any atom is 0.307 e. The van der Waals surface area contributed by atoms with Crippen LogP contribution in [0.5, 0.6) is 0 Å². The highest BCUT2D eigenvalue weighted by Gasteiger charge is 2.16. The molecule has 0 amide bonds. The third-order valence-electron chi connectivity index (χ3n) is 3.45. The number of thiophene rings is 1. The SMILES string of the molecule is C=CCn1c(SCn2cc([N+](=O)[O-])cn2)nnc1-c1csc(CC)c1. The average molecular weight is 376 g/mol. The molecule has 0 aromatic carbocycles. The van der Waals surface area contributed by atoms with Crippen molar-refractivity contribution in [2.24, 2.45) is 0 Å². The molecule has 0 bridgehead atoms. The van der Waals surface area contributed by atoms with E-state index in [1.807, 2.05) is 4.57 Å². The summed E-state index contributed by atoms with van der Waals surface area (Å²) in [5.41, 5.74) is 1.01. The number of aromatic nitrogens is 5. The third-order valence-corrected chi connectivity index (χ3v) is 5.48. The summed E-state index contributed by atoms with van der Waals surface area (Å²) in [6.07, 6.45) is 5.41. The molecule has 0 N–H and O–H groups in total. The van der Waals surface area contributed by atoms with Gasteiger partial charge in [0, 0.05) is 22.4 Å². The standard InChI is InChI=1S/C15H16N6O2S2/c1-3-5-20-14(11-6-13(4-2)24-9-11)17-18-15(20)25-10-19-8-12(7-16-19)21(22)23/h3,6-9H,1,4-5,10H2,2H3. The summed E-state index contributed by atoms with van der Waals surface area (Å²) in [5.74, 6) is 1.21. The Morgan fingerprint density at radius 1 is 1.48 bits per heavy atom. The van der Waals surface area contributed by atoms with E-state index in [4.69, 9.17) is 0 Å². The second kappa shape index (κ2) is 7.62. The fourth-order valence-corrected chi connectivity index (χ4v) is 3.85. The van der Waals surface area contributed by atoms with Crippen LogP contribution in [-0.2, 0) is 18.8 Å². The zero-order valence-electron chi connectivity index (χ0n) is 13.5. The number of hydrogen-bond acceptors (Lipinski definition) is 7. The smallest absolute Gasteiger partial charge is 0.298 e. The largest absolute Gasteiger partial charge is 0.307 e. The normalized spacial score (nSPS) is 10.9. The van der Waals surface area contributed by atoms with Gasteiger partial charge in [-0.1, -0.05) is 24.8 Å². The van der Waals surface area contributed by atoms with Crippen LogP contribution >= 0.6 is 23.1 Å². The number of thioether (sulfide) groups is 1. The molecule has 0 unspecified atom stereocenters. The van der Waals surface area contributed by atoms with E-state index in [9.17, 15) is 10.1 Å². The van der Waals surface area contributed by atoms with Crippen LogP contribution < -0.4 is 0 Å². The quantitative estimate of drug-likeness (QED) is 0.258. The molecule has 130 valence electrons. The Bertz CT molecular complexity index is 898. The average Bonchev–Trinajstić information content (AvgIpc) is 3.32. The Labute approximate surface area is 152 Å². The van der Waals surface area contributed by atoms with Gasteiger partial charge in [0.25, 0.3) is 0 Å². The Morgan fingerprint density at radius 2 is 2.32 bits per heavy atom. The van der Waals surface area contributed by atoms with E-state index in [1.54, 1.807) is 17.4 Å². The van der Waals surface area contributed by atoms with Gasteiger partial charge in [-0.15, -0.1) is 28.1 Å². The molecule has 3 rings (SSSR count). The van der Waals surface area contributed by atoms with Gasteiger partial charge in [0.15, 0.2) is 11.0 Å². The van der Waals surface area contributed by atoms with Crippen LogP contribution in [-0.4, -0.2) is 29.5 Å². The number of aryl methyl sites for hydroxylation is 1. The van der Waals surface area contributed by atoms with Gasteiger partial charge < -0.3 is 0 Å². The van der Waals surface area contributed by atoms with Gasteiger partial charge >= 0.3 is 5.69 Å². The van der Waals surface area contributed by atoms with Crippen molar-refractivity contribution in [3.63, 3.8) is 0 Å². The predicted molar refractivity (Wildman–Crippen MR) is 97.6 cm³/mol. The van der Waals surface area contributed by atoms with Crippen LogP contribution in [0.2, 0.25) is 0 Å². The van der Waals surface area contributed by atoms with Crippen molar-refractivity contribution in [1.29, 1.82) is 0 Å². The Balaban J connectivity index is 1.80. The lowest BCUT2D eigenvalue weighted by Crippen LogP contribution is -2.02. The molecular formula is C15H16N6O2S2. The van der Waals surface area contributed by atoms with Gasteiger partial charge in [-0.25, -0.2) is 0 Å². The van der Waals surface area contributed by atoms with Crippen molar-refractivity contribution in [3.05, 3.63) is 51.5 Å². The second-order valence-corrected chi connectivity index (χ2v) is 7.04. The van der Waals surface area contributed by atoms with Crippen molar-refractivity contribution >= 4 is 28.8 Å². The van der Waals surface area contributed by atoms with Crippen molar-refractivity contribution < 1.29 is 4.92 Å². The minimum absolute atomic E-state index is 0.0285. The molecule has 3 aromatic heterocycles. The van der Waals surface area contributed by atoms with E-state index >= 15 is 0 Å². The molecule has 10 heteroatoms. The molecule has 0 saturated heterocycles. The van der Waals surface area contributed by atoms with Crippen molar-refractivity contribution in [3.8, 4) is 11.4 Å². The first-order valence-corrected chi connectivity index (χ1v) is 9.40. The summed E-state index contributed by atoms with van der Waals surface area (Å²) in [5, 5.41) is 26.1. The molecule has 0 spiro atoms. The predicted octanol–water partition coefficient (Wildman–Crippen LogP) is 3.61. The summed E-state index contributed by atoms with van der Waals surface area (Å²) in [6.45, 7) is 6.50. The highest BCUT2D eigenvalue weighted by molar-refractivity contribution is 7.98. The number of hydrogen-bond donors (Lipinski definition) is 0. The molecule has 8 nitrogen and oxygen atoms in total. The van der Waals surface area contributed by atoms with E-state index in [-0.39, 0.29) is 5.69 Å². The van der Waals surface area contributed by atoms with Gasteiger partial charge in [-0.2, -0.15) is 5.10 Å². The molecular weight excluding hydrogens is 360 g/mol. The zero-order chi connectivity index (χ0) is 17.8. The first-order chi connectivity index (χ1) is 12.1. The first-order valence-electron chi connectivity index (χ1n) is 7.54. The summed E-state index contributed by atoms with van der Waals surface area (Å²) >= 11 is 3.12. The number of nitro groups is 1. The molecule has 0 aliphatic rings. The van der Waals surface area contributed by atoms with Gasteiger partial charge in [-0.05, 0) is 12.5 Å². The summed E-state index contributed by atoms with van der Waals surface area (Å²) < 4.78 is 3.49. The lowest BCUT2D eigenvalue weighted by atomic mass is 10.2. The van der Waals surface area contributed by atoms with E-state index in [1.165, 1.54) is 33.7 Å². The van der Waals surface area contributed by atoms with Crippen molar-refractivity contribution in [2.75, 3.05) is 0 Å². The molecule has 0 atom stereocenters. The number of rotatable bonds is 8. The van der Waals surface area contributed by atoms with Gasteiger partial charge in [0.2, 0.25) is 0 Å². The monoisotopic (exact) mass is 376 g/mol. The van der Waals surface area contributed by atoms with E-state index in [2.05, 4.69) is 40.2 Å². The lowest BCUT2D eigenvalue weighted by molar-refractivity contribution is -0.385. The van der Waals surface area contributed by atoms with Crippen LogP contribution in [0.4, 0.5) is 5.69 Å². The van der Waals surface area contributed by atoms with Crippen LogP contribution in [0.25, 0.3) is 11.4 Å². The molecule has 3 heterocycles. The van der Waals surface area contributed by atoms with Crippen LogP contribution in [0.15, 0.2) is 41.7 Å². The van der Waals surface area contributed by atoms with Crippen LogP contribution in [0, 0.1) is 10.1 Å². The minimum Gasteiger partial charge on any atom is -0.298 e. The Kier molecular flexibility index (Phi) is 5.29. The Hall–Kier alpha value is -2.46. The van der Waals surface area contributed by atoms with Crippen LogP contribution in [0.3, 0.4) is 0 Å². The third kappa shape index (κ3) is 3.80. The van der Waals surface area contributed by atoms with E-state index in [0.717, 1.165) is 23.0 Å². The maximum atomic E-state index is 10.7. The first kappa shape index (κ1) is 17.4. The molecule has 0 saturated carbocycles. The summed E-state index contributed by atoms with van der Waals surface area (Å²) in [7, 11) is 0. The van der Waals surface area contributed by atoms with Gasteiger partial charge in [0.1, 0.15) is 12.4 Å². The number of allylic oxidation sites excluding steroid dienone is 1. The molecule has 25 heavy (non-hydrogen) atoms. The van der Waals surface area contributed by atoms with Gasteiger partial charge in [-0.3, -0.25) is 19.4 Å². The fourth-order valence-electron chi connectivity index (χ4n) is 2.23. The maximum absolute atomic E-state index is 10.7. The molecule has 0 aliphatic carbocycles. The Morgan fingerprint density at radius 3 is 2.96 bits per heavy atom. The van der Waals surface area contributed by atoms with E-state index < -0.39 is 4.92 Å².